The highest BCUT2D eigenvalue weighted by atomic mass is 32.1. The number of carbonyl (C=O) groups is 1. The van der Waals surface area contributed by atoms with E-state index in [0.717, 1.165) is 105 Å². The lowest BCUT2D eigenvalue weighted by Crippen LogP contribution is -2.45. The van der Waals surface area contributed by atoms with Gasteiger partial charge in [-0.05, 0) is 86.1 Å². The molecule has 0 spiro atoms. The van der Waals surface area contributed by atoms with Crippen molar-refractivity contribution < 1.29 is 14.6 Å². The fraction of sp³-hybridized carbons (Fsp3) is 0.364. The Morgan fingerprint density at radius 1 is 0.925 bits per heavy atom. The summed E-state index contributed by atoms with van der Waals surface area (Å²) in [7, 11) is 0. The van der Waals surface area contributed by atoms with Crippen LogP contribution in [0.5, 0.6) is 11.5 Å². The number of nitrogens with zero attached hydrogens (tertiary/aromatic N) is 3. The van der Waals surface area contributed by atoms with Crippen molar-refractivity contribution in [1.82, 2.24) is 4.58 Å². The quantitative estimate of drug-likeness (QED) is 0.231. The molecule has 0 aromatic heterocycles. The van der Waals surface area contributed by atoms with Crippen molar-refractivity contribution in [3.05, 3.63) is 79.9 Å². The Hall–Kier alpha value is -3.80. The third-order valence-corrected chi connectivity index (χ3v) is 9.46. The summed E-state index contributed by atoms with van der Waals surface area (Å²) in [6.45, 7) is 4.35. The number of ether oxygens (including phenoxy) is 1. The first kappa shape index (κ1) is 24.0. The molecule has 0 radical (unpaired) electrons. The van der Waals surface area contributed by atoms with E-state index in [1.54, 1.807) is 6.07 Å². The van der Waals surface area contributed by atoms with Crippen LogP contribution in [0.25, 0.3) is 5.57 Å². The molecular weight excluding hydrogens is 518 g/mol. The minimum absolute atomic E-state index is 0.223. The Bertz CT molecular complexity index is 1830. The van der Waals surface area contributed by atoms with Gasteiger partial charge < -0.3 is 14.7 Å². The van der Waals surface area contributed by atoms with Crippen LogP contribution in [-0.4, -0.2) is 42.4 Å². The van der Waals surface area contributed by atoms with E-state index < -0.39 is 5.97 Å². The van der Waals surface area contributed by atoms with Gasteiger partial charge in [-0.1, -0.05) is 6.07 Å². The molecule has 40 heavy (non-hydrogen) atoms. The Morgan fingerprint density at radius 2 is 1.70 bits per heavy atom. The van der Waals surface area contributed by atoms with Gasteiger partial charge in [-0.25, -0.2) is 9.37 Å². The molecule has 0 saturated heterocycles. The fourth-order valence-electron chi connectivity index (χ4n) is 7.85. The number of carboxylic acid groups (broad SMARTS) is 1. The summed E-state index contributed by atoms with van der Waals surface area (Å²) < 4.78 is 9.61. The van der Waals surface area contributed by atoms with Crippen LogP contribution in [0, 0.1) is 0 Å². The lowest BCUT2D eigenvalue weighted by atomic mass is 9.81. The highest BCUT2D eigenvalue weighted by Crippen LogP contribution is 2.48. The molecule has 0 aliphatic carbocycles. The number of carboxylic acids is 1. The zero-order valence-corrected chi connectivity index (χ0v) is 23.2. The first-order chi connectivity index (χ1) is 19.6. The van der Waals surface area contributed by atoms with E-state index in [-0.39, 0.29) is 5.56 Å². The number of rotatable bonds is 3. The van der Waals surface area contributed by atoms with E-state index in [0.29, 0.717) is 11.3 Å². The summed E-state index contributed by atoms with van der Waals surface area (Å²) in [5.74, 6) is 0.873. The topological polar surface area (TPSA) is 65.1 Å². The number of isothiocyanates is 1. The highest BCUT2D eigenvalue weighted by molar-refractivity contribution is 7.78. The van der Waals surface area contributed by atoms with Crippen LogP contribution in [0.4, 0.5) is 11.4 Å². The average molecular weight is 549 g/mol. The van der Waals surface area contributed by atoms with Gasteiger partial charge in [0.05, 0.1) is 22.0 Å². The Morgan fingerprint density at radius 3 is 2.52 bits per heavy atom. The summed E-state index contributed by atoms with van der Waals surface area (Å²) in [6, 6.07) is 9.97. The molecule has 5 aliphatic rings. The Labute approximate surface area is 237 Å². The van der Waals surface area contributed by atoms with Crippen LogP contribution in [-0.2, 0) is 25.7 Å². The predicted molar refractivity (Wildman–Crippen MR) is 158 cm³/mol. The molecule has 0 amide bonds. The third kappa shape index (κ3) is 3.47. The van der Waals surface area contributed by atoms with Crippen molar-refractivity contribution in [3.63, 3.8) is 0 Å². The molecule has 0 atom stereocenters. The minimum Gasteiger partial charge on any atom is -0.478 e. The molecule has 7 heteroatoms. The molecule has 3 aromatic carbocycles. The monoisotopic (exact) mass is 548 g/mol. The number of hydrogen-bond donors (Lipinski definition) is 1. The van der Waals surface area contributed by atoms with E-state index in [2.05, 4.69) is 31.8 Å². The molecule has 6 nitrogen and oxygen atoms in total. The summed E-state index contributed by atoms with van der Waals surface area (Å²) in [4.78, 5) is 19.3. The van der Waals surface area contributed by atoms with Crippen molar-refractivity contribution in [2.75, 3.05) is 31.1 Å². The molecule has 5 aliphatic heterocycles. The van der Waals surface area contributed by atoms with Crippen LogP contribution >= 0.6 is 12.2 Å². The Kier molecular flexibility index (Phi) is 5.48. The first-order valence-electron chi connectivity index (χ1n) is 14.5. The number of anilines is 1. The van der Waals surface area contributed by atoms with Crippen molar-refractivity contribution in [2.45, 2.75) is 51.4 Å². The summed E-state index contributed by atoms with van der Waals surface area (Å²) in [6.07, 6.45) is 8.49. The van der Waals surface area contributed by atoms with Crippen molar-refractivity contribution in [3.8, 4) is 11.5 Å². The van der Waals surface area contributed by atoms with Gasteiger partial charge in [0.15, 0.2) is 0 Å². The van der Waals surface area contributed by atoms with Gasteiger partial charge in [0.1, 0.15) is 24.6 Å². The number of aromatic carboxylic acids is 1. The number of thiocarbonyl (C=S) groups is 1. The van der Waals surface area contributed by atoms with Crippen LogP contribution in [0.2, 0.25) is 0 Å². The molecule has 0 fully saturated rings. The van der Waals surface area contributed by atoms with Gasteiger partial charge in [-0.3, -0.25) is 0 Å². The van der Waals surface area contributed by atoms with Gasteiger partial charge in [0, 0.05) is 59.1 Å². The number of fused-ring (bicyclic) bond motifs is 4. The van der Waals surface area contributed by atoms with Gasteiger partial charge >= 0.3 is 5.97 Å². The average Bonchev–Trinajstić information content (AvgIpc) is 2.97. The summed E-state index contributed by atoms with van der Waals surface area (Å²) in [5.41, 5.74) is 10.1. The molecule has 3 aromatic rings. The van der Waals surface area contributed by atoms with Crippen LogP contribution in [0.3, 0.4) is 0 Å². The smallest absolute Gasteiger partial charge is 0.336 e. The maximum atomic E-state index is 12.7. The van der Waals surface area contributed by atoms with E-state index in [4.69, 9.17) is 17.0 Å². The Balaban J connectivity index is 1.53. The van der Waals surface area contributed by atoms with Gasteiger partial charge in [-0.2, -0.15) is 4.99 Å². The zero-order chi connectivity index (χ0) is 27.0. The number of benzene rings is 3. The maximum absolute atomic E-state index is 12.7. The van der Waals surface area contributed by atoms with Crippen LogP contribution < -0.4 is 24.8 Å². The second-order valence-corrected chi connectivity index (χ2v) is 11.8. The molecule has 200 valence electrons. The molecule has 1 N–H and O–H groups in total. The maximum Gasteiger partial charge on any atom is 0.336 e. The van der Waals surface area contributed by atoms with Crippen molar-refractivity contribution in [2.24, 2.45) is 4.99 Å². The molecule has 0 unspecified atom stereocenters. The van der Waals surface area contributed by atoms with Gasteiger partial charge in [-0.15, -0.1) is 0 Å². The predicted octanol–water partition coefficient (Wildman–Crippen LogP) is 4.55. The van der Waals surface area contributed by atoms with E-state index in [1.807, 2.05) is 12.1 Å². The lowest BCUT2D eigenvalue weighted by molar-refractivity contribution is 0.0696. The van der Waals surface area contributed by atoms with Crippen molar-refractivity contribution >= 4 is 40.3 Å². The summed E-state index contributed by atoms with van der Waals surface area (Å²) >= 11 is 4.81. The van der Waals surface area contributed by atoms with Crippen LogP contribution in [0.1, 0.15) is 69.4 Å². The van der Waals surface area contributed by atoms with E-state index in [9.17, 15) is 9.90 Å². The number of aryl methyl sites for hydroxylation is 2. The molecule has 0 saturated carbocycles. The fourth-order valence-corrected chi connectivity index (χ4v) is 7.96. The highest BCUT2D eigenvalue weighted by Gasteiger charge is 2.36. The van der Waals surface area contributed by atoms with E-state index in [1.165, 1.54) is 33.3 Å². The first-order valence-corrected chi connectivity index (χ1v) is 14.9. The largest absolute Gasteiger partial charge is 0.478 e. The lowest BCUT2D eigenvalue weighted by Gasteiger charge is -2.39. The second kappa shape index (κ2) is 9.12. The SMILES string of the molecule is O=C(O)c1cc(N=C=S)ccc1C1=c2cc3c4c(c2Oc2c1cc1c5c2CCCN5CCC1)CCC[N+]=4CCC3. The summed E-state index contributed by atoms with van der Waals surface area (Å²) in [5, 5.41) is 15.2. The van der Waals surface area contributed by atoms with Gasteiger partial charge in [0.25, 0.3) is 0 Å². The standard InChI is InChI=1S/C33H29N3O3S/c37-33(38)25-17-21(34-18-40)9-10-22(25)28-26-15-19-5-1-11-35-13-3-7-23(29(19)35)31(26)39-32-24-8-4-14-36-12-2-6-20(30(24)36)16-27(28)32/h9-10,15-17H,1-8,11-14H2/p+1. The molecule has 5 heterocycles. The van der Waals surface area contributed by atoms with E-state index >= 15 is 0 Å². The minimum atomic E-state index is -0.977. The zero-order valence-electron chi connectivity index (χ0n) is 22.4. The molecule has 8 rings (SSSR count). The normalized spacial score (nSPS) is 18.1. The van der Waals surface area contributed by atoms with Crippen molar-refractivity contribution in [1.29, 1.82) is 0 Å². The third-order valence-electron chi connectivity index (χ3n) is 9.37. The van der Waals surface area contributed by atoms with Gasteiger partial charge in [0.2, 0.25) is 5.36 Å². The van der Waals surface area contributed by atoms with Crippen LogP contribution in [0.15, 0.2) is 35.3 Å². The molecular formula is C33H30N3O3S+. The second-order valence-electron chi connectivity index (χ2n) is 11.6. The number of aliphatic imine (C=N–C) groups is 1. The molecule has 0 bridgehead atoms. The number of hydrogen-bond acceptors (Lipinski definition) is 5.